The van der Waals surface area contributed by atoms with Crippen LogP contribution < -0.4 is 10.2 Å². The Balaban J connectivity index is 1.96. The number of benzene rings is 2. The van der Waals surface area contributed by atoms with Crippen molar-refractivity contribution in [2.45, 2.75) is 5.54 Å². The summed E-state index contributed by atoms with van der Waals surface area (Å²) in [6.07, 6.45) is 1.51. The van der Waals surface area contributed by atoms with E-state index < -0.39 is 12.2 Å². The van der Waals surface area contributed by atoms with Gasteiger partial charge < -0.3 is 9.47 Å². The number of nitrogens with zero attached hydrogens (tertiary/aromatic N) is 1. The molecule has 1 atom stereocenters. The van der Waals surface area contributed by atoms with Crippen LogP contribution >= 0.6 is 0 Å². The minimum absolute atomic E-state index is 0.0730. The normalized spacial score (nSPS) is 19.9. The van der Waals surface area contributed by atoms with Gasteiger partial charge in [-0.1, -0.05) is 41.9 Å². The van der Waals surface area contributed by atoms with E-state index in [4.69, 9.17) is 9.47 Å². The van der Waals surface area contributed by atoms with Crippen LogP contribution in [0.2, 0.25) is 0 Å². The average molecular weight is 297 g/mol. The van der Waals surface area contributed by atoms with E-state index in [1.165, 1.54) is 11.9 Å². The fraction of sp³-hybridized carbons (Fsp3) is 0.235. The van der Waals surface area contributed by atoms with Crippen molar-refractivity contribution in [1.29, 1.82) is 0 Å². The van der Waals surface area contributed by atoms with Crippen molar-refractivity contribution >= 4 is 19.7 Å². The smallest absolute Gasteiger partial charge is 0.170 e. The van der Waals surface area contributed by atoms with E-state index in [2.05, 4.69) is 31.0 Å². The molecule has 0 aromatic heterocycles. The molecule has 5 heteroatoms. The van der Waals surface area contributed by atoms with Crippen LogP contribution in [-0.4, -0.2) is 34.1 Å². The molecule has 0 spiro atoms. The summed E-state index contributed by atoms with van der Waals surface area (Å²) < 4.78 is 22.9. The van der Waals surface area contributed by atoms with Crippen LogP contribution in [0.1, 0.15) is 11.1 Å². The molecule has 1 heterocycles. The SMILES string of the molecule is Bc1cccc(C2(c3ccc(OCCF)cc3)COC=N2)c1. The number of rotatable bonds is 5. The highest BCUT2D eigenvalue weighted by atomic mass is 19.1. The zero-order valence-electron chi connectivity index (χ0n) is 12.5. The van der Waals surface area contributed by atoms with Gasteiger partial charge in [-0.2, -0.15) is 0 Å². The number of aliphatic imine (C=N–C) groups is 1. The van der Waals surface area contributed by atoms with E-state index in [1.54, 1.807) is 0 Å². The largest absolute Gasteiger partial charge is 0.491 e. The molecule has 2 aromatic carbocycles. The fourth-order valence-corrected chi connectivity index (χ4v) is 2.69. The minimum Gasteiger partial charge on any atom is -0.491 e. The predicted molar refractivity (Wildman–Crippen MR) is 87.8 cm³/mol. The molecule has 22 heavy (non-hydrogen) atoms. The first-order valence-electron chi connectivity index (χ1n) is 7.26. The Morgan fingerprint density at radius 3 is 2.64 bits per heavy atom. The van der Waals surface area contributed by atoms with Gasteiger partial charge in [-0.05, 0) is 23.3 Å². The lowest BCUT2D eigenvalue weighted by Gasteiger charge is -2.26. The molecule has 0 bridgehead atoms. The Kier molecular flexibility index (Phi) is 4.14. The van der Waals surface area contributed by atoms with E-state index in [1.807, 2.05) is 30.3 Å². The van der Waals surface area contributed by atoms with Crippen molar-refractivity contribution in [3.8, 4) is 5.75 Å². The van der Waals surface area contributed by atoms with Gasteiger partial charge in [0.05, 0.1) is 0 Å². The van der Waals surface area contributed by atoms with Crippen molar-refractivity contribution in [2.75, 3.05) is 19.9 Å². The maximum absolute atomic E-state index is 12.2. The first-order chi connectivity index (χ1) is 10.7. The quantitative estimate of drug-likeness (QED) is 0.785. The van der Waals surface area contributed by atoms with E-state index in [9.17, 15) is 4.39 Å². The van der Waals surface area contributed by atoms with Crippen molar-refractivity contribution < 1.29 is 13.9 Å². The first kappa shape index (κ1) is 14.6. The summed E-state index contributed by atoms with van der Waals surface area (Å²) in [4.78, 5) is 4.59. The Morgan fingerprint density at radius 2 is 2.00 bits per heavy atom. The second kappa shape index (κ2) is 6.22. The highest BCUT2D eigenvalue weighted by Gasteiger charge is 2.37. The second-order valence-electron chi connectivity index (χ2n) is 5.34. The molecule has 112 valence electrons. The van der Waals surface area contributed by atoms with Gasteiger partial charge in [0.1, 0.15) is 39.0 Å². The molecular formula is C17H17BFNO2. The molecular weight excluding hydrogens is 280 g/mol. The zero-order valence-corrected chi connectivity index (χ0v) is 12.5. The van der Waals surface area contributed by atoms with Crippen molar-refractivity contribution in [2.24, 2.45) is 4.99 Å². The molecule has 1 aliphatic rings. The summed E-state index contributed by atoms with van der Waals surface area (Å²) in [6, 6.07) is 15.9. The Labute approximate surface area is 130 Å². The Hall–Kier alpha value is -2.30. The molecule has 3 nitrogen and oxygen atoms in total. The molecule has 1 aliphatic heterocycles. The zero-order chi connectivity index (χ0) is 15.4. The molecule has 0 saturated carbocycles. The molecule has 0 N–H and O–H groups in total. The summed E-state index contributed by atoms with van der Waals surface area (Å²) in [5.41, 5.74) is 2.78. The maximum atomic E-state index is 12.2. The Bertz CT molecular complexity index is 675. The van der Waals surface area contributed by atoms with Crippen LogP contribution in [0.25, 0.3) is 0 Å². The summed E-state index contributed by atoms with van der Waals surface area (Å²) >= 11 is 0. The number of alkyl halides is 1. The highest BCUT2D eigenvalue weighted by molar-refractivity contribution is 6.32. The van der Waals surface area contributed by atoms with E-state index >= 15 is 0 Å². The second-order valence-corrected chi connectivity index (χ2v) is 5.34. The lowest BCUT2D eigenvalue weighted by atomic mass is 9.81. The number of ether oxygens (including phenoxy) is 2. The molecule has 1 unspecified atom stereocenters. The third kappa shape index (κ3) is 2.71. The molecule has 3 rings (SSSR count). The average Bonchev–Trinajstić information content (AvgIpc) is 3.04. The van der Waals surface area contributed by atoms with Gasteiger partial charge in [0.25, 0.3) is 0 Å². The molecule has 0 fully saturated rings. The summed E-state index contributed by atoms with van der Waals surface area (Å²) in [5, 5.41) is 0. The monoisotopic (exact) mass is 297 g/mol. The number of hydrogen-bond acceptors (Lipinski definition) is 3. The maximum Gasteiger partial charge on any atom is 0.170 e. The number of halogens is 1. The van der Waals surface area contributed by atoms with Gasteiger partial charge in [0.15, 0.2) is 6.40 Å². The lowest BCUT2D eigenvalue weighted by Crippen LogP contribution is -2.28. The van der Waals surface area contributed by atoms with Gasteiger partial charge in [-0.3, -0.25) is 0 Å². The third-order valence-electron chi connectivity index (χ3n) is 3.81. The molecule has 0 amide bonds. The van der Waals surface area contributed by atoms with Crippen LogP contribution in [0.3, 0.4) is 0 Å². The fourth-order valence-electron chi connectivity index (χ4n) is 2.69. The molecule has 2 aromatic rings. The van der Waals surface area contributed by atoms with Gasteiger partial charge in [-0.15, -0.1) is 0 Å². The lowest BCUT2D eigenvalue weighted by molar-refractivity contribution is 0.272. The van der Waals surface area contributed by atoms with Crippen LogP contribution in [0, 0.1) is 0 Å². The molecule has 0 radical (unpaired) electrons. The van der Waals surface area contributed by atoms with Crippen LogP contribution in [-0.2, 0) is 10.3 Å². The Morgan fingerprint density at radius 1 is 1.18 bits per heavy atom. The van der Waals surface area contributed by atoms with Crippen LogP contribution in [0.15, 0.2) is 53.5 Å². The van der Waals surface area contributed by atoms with Crippen molar-refractivity contribution in [1.82, 2.24) is 0 Å². The van der Waals surface area contributed by atoms with Crippen LogP contribution in [0.5, 0.6) is 5.75 Å². The highest BCUT2D eigenvalue weighted by Crippen LogP contribution is 2.36. The summed E-state index contributed by atoms with van der Waals surface area (Å²) in [5.74, 6) is 0.656. The van der Waals surface area contributed by atoms with E-state index in [-0.39, 0.29) is 6.61 Å². The summed E-state index contributed by atoms with van der Waals surface area (Å²) in [7, 11) is 2.06. The predicted octanol–water partition coefficient (Wildman–Crippen LogP) is 1.60. The van der Waals surface area contributed by atoms with E-state index in [0.29, 0.717) is 12.4 Å². The molecule has 0 aliphatic carbocycles. The van der Waals surface area contributed by atoms with Gasteiger partial charge in [0, 0.05) is 0 Å². The summed E-state index contributed by atoms with van der Waals surface area (Å²) in [6.45, 7) is 0.0535. The van der Waals surface area contributed by atoms with Gasteiger partial charge in [0.2, 0.25) is 0 Å². The third-order valence-corrected chi connectivity index (χ3v) is 3.81. The van der Waals surface area contributed by atoms with Crippen molar-refractivity contribution in [3.05, 3.63) is 59.7 Å². The van der Waals surface area contributed by atoms with Gasteiger partial charge in [-0.25, -0.2) is 9.38 Å². The minimum atomic E-state index is -0.523. The topological polar surface area (TPSA) is 30.8 Å². The van der Waals surface area contributed by atoms with Crippen molar-refractivity contribution in [3.63, 3.8) is 0 Å². The molecule has 0 saturated heterocycles. The standard InChI is InChI=1S/C17H17BFNO2/c18-15-3-1-2-14(10-15)17(11-21-12-20-17)13-4-6-16(7-5-13)22-9-8-19/h1-7,10,12H,8-9,11,18H2. The van der Waals surface area contributed by atoms with Gasteiger partial charge >= 0.3 is 0 Å². The van der Waals surface area contributed by atoms with E-state index in [0.717, 1.165) is 11.1 Å². The van der Waals surface area contributed by atoms with Crippen LogP contribution in [0.4, 0.5) is 4.39 Å². The number of hydrogen-bond donors (Lipinski definition) is 0. The first-order valence-corrected chi connectivity index (χ1v) is 7.26.